The molecule has 1 rings (SSSR count). The van der Waals surface area contributed by atoms with E-state index in [2.05, 4.69) is 10.0 Å². The molecule has 0 saturated carbocycles. The predicted molar refractivity (Wildman–Crippen MR) is 75.8 cm³/mol. The molecular weight excluding hydrogens is 264 g/mol. The number of hydrogen-bond acceptors (Lipinski definition) is 4. The minimum Gasteiger partial charge on any atom is -0.496 e. The minimum atomic E-state index is -3.43. The zero-order valence-corrected chi connectivity index (χ0v) is 12.7. The van der Waals surface area contributed by atoms with Crippen LogP contribution in [0.25, 0.3) is 0 Å². The first kappa shape index (κ1) is 15.9. The van der Waals surface area contributed by atoms with Gasteiger partial charge in [0.25, 0.3) is 0 Å². The third-order valence-electron chi connectivity index (χ3n) is 2.60. The Balaban J connectivity index is 3.07. The van der Waals surface area contributed by atoms with Gasteiger partial charge in [-0.25, -0.2) is 13.1 Å². The SMILES string of the molecule is CCNS(=O)(=O)c1ccc(OC)c(CNC(C)C)c1. The summed E-state index contributed by atoms with van der Waals surface area (Å²) >= 11 is 0. The summed E-state index contributed by atoms with van der Waals surface area (Å²) in [5.74, 6) is 0.684. The van der Waals surface area contributed by atoms with Crippen molar-refractivity contribution >= 4 is 10.0 Å². The van der Waals surface area contributed by atoms with E-state index < -0.39 is 10.0 Å². The summed E-state index contributed by atoms with van der Waals surface area (Å²) in [6.45, 7) is 6.75. The molecule has 19 heavy (non-hydrogen) atoms. The van der Waals surface area contributed by atoms with E-state index in [0.717, 1.165) is 5.56 Å². The molecule has 5 nitrogen and oxygen atoms in total. The van der Waals surface area contributed by atoms with Crippen LogP contribution >= 0.6 is 0 Å². The fourth-order valence-electron chi connectivity index (χ4n) is 1.65. The summed E-state index contributed by atoms with van der Waals surface area (Å²) in [6.07, 6.45) is 0. The van der Waals surface area contributed by atoms with E-state index in [9.17, 15) is 8.42 Å². The number of sulfonamides is 1. The lowest BCUT2D eigenvalue weighted by Gasteiger charge is -2.13. The predicted octanol–water partition coefficient (Wildman–Crippen LogP) is 1.49. The van der Waals surface area contributed by atoms with Gasteiger partial charge < -0.3 is 10.1 Å². The topological polar surface area (TPSA) is 67.4 Å². The van der Waals surface area contributed by atoms with E-state index in [4.69, 9.17) is 4.74 Å². The van der Waals surface area contributed by atoms with Crippen molar-refractivity contribution in [3.05, 3.63) is 23.8 Å². The van der Waals surface area contributed by atoms with Crippen LogP contribution < -0.4 is 14.8 Å². The van der Waals surface area contributed by atoms with Crippen molar-refractivity contribution in [2.45, 2.75) is 38.3 Å². The van der Waals surface area contributed by atoms with Gasteiger partial charge in [0.2, 0.25) is 10.0 Å². The standard InChI is InChI=1S/C13H22N2O3S/c1-5-15-19(16,17)12-6-7-13(18-4)11(8-12)9-14-10(2)3/h6-8,10,14-15H,5,9H2,1-4H3. The Kier molecular flexibility index (Phi) is 5.78. The molecule has 0 heterocycles. The Hall–Kier alpha value is -1.11. The van der Waals surface area contributed by atoms with E-state index in [0.29, 0.717) is 24.9 Å². The molecule has 1 aromatic rings. The van der Waals surface area contributed by atoms with Crippen molar-refractivity contribution in [2.24, 2.45) is 0 Å². The summed E-state index contributed by atoms with van der Waals surface area (Å²) in [7, 11) is -1.85. The lowest BCUT2D eigenvalue weighted by atomic mass is 10.2. The number of nitrogens with one attached hydrogen (secondary N) is 2. The van der Waals surface area contributed by atoms with Crippen LogP contribution in [0.2, 0.25) is 0 Å². The fraction of sp³-hybridized carbons (Fsp3) is 0.538. The molecule has 0 saturated heterocycles. The van der Waals surface area contributed by atoms with Gasteiger partial charge in [-0.2, -0.15) is 0 Å². The Morgan fingerprint density at radius 3 is 2.53 bits per heavy atom. The summed E-state index contributed by atoms with van der Waals surface area (Å²) in [5, 5.41) is 3.25. The highest BCUT2D eigenvalue weighted by Gasteiger charge is 2.15. The van der Waals surface area contributed by atoms with Crippen molar-refractivity contribution in [2.75, 3.05) is 13.7 Å². The smallest absolute Gasteiger partial charge is 0.240 e. The van der Waals surface area contributed by atoms with Crippen LogP contribution in [0.5, 0.6) is 5.75 Å². The Morgan fingerprint density at radius 2 is 2.00 bits per heavy atom. The van der Waals surface area contributed by atoms with Crippen molar-refractivity contribution < 1.29 is 13.2 Å². The maximum Gasteiger partial charge on any atom is 0.240 e. The molecule has 0 fully saturated rings. The fourth-order valence-corrected chi connectivity index (χ4v) is 2.74. The van der Waals surface area contributed by atoms with Crippen molar-refractivity contribution in [1.29, 1.82) is 0 Å². The van der Waals surface area contributed by atoms with Gasteiger partial charge >= 0.3 is 0 Å². The molecule has 2 N–H and O–H groups in total. The summed E-state index contributed by atoms with van der Waals surface area (Å²) < 4.78 is 31.6. The zero-order chi connectivity index (χ0) is 14.5. The second-order valence-electron chi connectivity index (χ2n) is 4.51. The first-order chi connectivity index (χ1) is 8.90. The van der Waals surface area contributed by atoms with E-state index in [1.807, 2.05) is 13.8 Å². The number of rotatable bonds is 7. The molecule has 6 heteroatoms. The van der Waals surface area contributed by atoms with Crippen molar-refractivity contribution in [3.63, 3.8) is 0 Å². The Labute approximate surface area is 115 Å². The Bertz CT molecular complexity index is 513. The van der Waals surface area contributed by atoms with E-state index >= 15 is 0 Å². The molecule has 0 aliphatic heterocycles. The molecule has 0 unspecified atom stereocenters. The van der Waals surface area contributed by atoms with Gasteiger partial charge in [-0.05, 0) is 18.2 Å². The molecule has 108 valence electrons. The zero-order valence-electron chi connectivity index (χ0n) is 11.9. The van der Waals surface area contributed by atoms with Crippen LogP contribution in [0.1, 0.15) is 26.3 Å². The van der Waals surface area contributed by atoms with E-state index in [1.54, 1.807) is 32.2 Å². The molecule has 0 radical (unpaired) electrons. The third-order valence-corrected chi connectivity index (χ3v) is 4.14. The van der Waals surface area contributed by atoms with E-state index in [1.165, 1.54) is 0 Å². The van der Waals surface area contributed by atoms with Crippen LogP contribution in [0.15, 0.2) is 23.1 Å². The van der Waals surface area contributed by atoms with Gasteiger partial charge in [-0.1, -0.05) is 20.8 Å². The Morgan fingerprint density at radius 1 is 1.32 bits per heavy atom. The van der Waals surface area contributed by atoms with Gasteiger partial charge in [0, 0.05) is 24.7 Å². The van der Waals surface area contributed by atoms with Crippen LogP contribution in [-0.2, 0) is 16.6 Å². The number of ether oxygens (including phenoxy) is 1. The maximum atomic E-state index is 11.9. The molecule has 0 aliphatic carbocycles. The first-order valence-electron chi connectivity index (χ1n) is 6.30. The quantitative estimate of drug-likeness (QED) is 0.797. The summed E-state index contributed by atoms with van der Waals surface area (Å²) in [6, 6.07) is 5.20. The number of benzene rings is 1. The molecule has 1 aromatic carbocycles. The number of hydrogen-bond donors (Lipinski definition) is 2. The lowest BCUT2D eigenvalue weighted by Crippen LogP contribution is -2.24. The van der Waals surface area contributed by atoms with Gasteiger partial charge in [-0.3, -0.25) is 0 Å². The van der Waals surface area contributed by atoms with Crippen LogP contribution in [0.4, 0.5) is 0 Å². The highest BCUT2D eigenvalue weighted by atomic mass is 32.2. The minimum absolute atomic E-state index is 0.260. The lowest BCUT2D eigenvalue weighted by molar-refractivity contribution is 0.406. The average molecular weight is 286 g/mol. The van der Waals surface area contributed by atoms with Crippen molar-refractivity contribution in [1.82, 2.24) is 10.0 Å². The van der Waals surface area contributed by atoms with Gasteiger partial charge in [0.1, 0.15) is 5.75 Å². The molecule has 0 aliphatic rings. The van der Waals surface area contributed by atoms with Crippen LogP contribution in [0, 0.1) is 0 Å². The molecule has 0 spiro atoms. The molecule has 0 amide bonds. The third kappa shape index (κ3) is 4.49. The number of methoxy groups -OCH3 is 1. The van der Waals surface area contributed by atoms with Crippen LogP contribution in [-0.4, -0.2) is 28.1 Å². The molecule has 0 aromatic heterocycles. The molecule has 0 atom stereocenters. The normalized spacial score (nSPS) is 11.8. The van der Waals surface area contributed by atoms with Gasteiger partial charge in [0.15, 0.2) is 0 Å². The van der Waals surface area contributed by atoms with Crippen molar-refractivity contribution in [3.8, 4) is 5.75 Å². The summed E-state index contributed by atoms with van der Waals surface area (Å²) in [4.78, 5) is 0.260. The van der Waals surface area contributed by atoms with Gasteiger partial charge in [-0.15, -0.1) is 0 Å². The first-order valence-corrected chi connectivity index (χ1v) is 7.79. The average Bonchev–Trinajstić information content (AvgIpc) is 2.35. The highest BCUT2D eigenvalue weighted by molar-refractivity contribution is 7.89. The van der Waals surface area contributed by atoms with Gasteiger partial charge in [0.05, 0.1) is 12.0 Å². The molecule has 0 bridgehead atoms. The highest BCUT2D eigenvalue weighted by Crippen LogP contribution is 2.22. The van der Waals surface area contributed by atoms with Crippen LogP contribution in [0.3, 0.4) is 0 Å². The second kappa shape index (κ2) is 6.88. The summed E-state index contributed by atoms with van der Waals surface area (Å²) in [5.41, 5.74) is 0.829. The molecular formula is C13H22N2O3S. The largest absolute Gasteiger partial charge is 0.496 e. The monoisotopic (exact) mass is 286 g/mol. The van der Waals surface area contributed by atoms with E-state index in [-0.39, 0.29) is 4.90 Å². The maximum absolute atomic E-state index is 11.9. The second-order valence-corrected chi connectivity index (χ2v) is 6.28.